The van der Waals surface area contributed by atoms with Gasteiger partial charge in [-0.05, 0) is 18.6 Å². The van der Waals surface area contributed by atoms with E-state index in [9.17, 15) is 13.6 Å². The first-order valence-corrected chi connectivity index (χ1v) is 4.28. The van der Waals surface area contributed by atoms with Crippen molar-refractivity contribution in [2.24, 2.45) is 0 Å². The van der Waals surface area contributed by atoms with Gasteiger partial charge in [-0.1, -0.05) is 6.07 Å². The van der Waals surface area contributed by atoms with Gasteiger partial charge in [-0.25, -0.2) is 13.6 Å². The van der Waals surface area contributed by atoms with Gasteiger partial charge in [-0.2, -0.15) is 0 Å². The summed E-state index contributed by atoms with van der Waals surface area (Å²) in [7, 11) is 0. The summed E-state index contributed by atoms with van der Waals surface area (Å²) in [5.41, 5.74) is -0.186. The minimum atomic E-state index is -1.80. The van der Waals surface area contributed by atoms with Crippen molar-refractivity contribution in [1.29, 1.82) is 0 Å². The minimum absolute atomic E-state index is 0.212. The average Bonchev–Trinajstić information content (AvgIpc) is 2.18. The lowest BCUT2D eigenvalue weighted by Crippen LogP contribution is -2.23. The van der Waals surface area contributed by atoms with Crippen molar-refractivity contribution in [3.63, 3.8) is 0 Å². The lowest BCUT2D eigenvalue weighted by atomic mass is 10.0. The Morgan fingerprint density at radius 3 is 2.60 bits per heavy atom. The summed E-state index contributed by atoms with van der Waals surface area (Å²) in [5.74, 6) is -3.16. The second-order valence-corrected chi connectivity index (χ2v) is 3.21. The maximum Gasteiger partial charge on any atom is 0.332 e. The van der Waals surface area contributed by atoms with Crippen molar-refractivity contribution in [2.45, 2.75) is 19.4 Å². The van der Waals surface area contributed by atoms with E-state index in [-0.39, 0.29) is 5.56 Å². The fraction of sp³-hybridized carbons (Fsp3) is 0.300. The molecule has 0 radical (unpaired) electrons. The summed E-state index contributed by atoms with van der Waals surface area (Å²) in [6, 6.07) is 2.30. The van der Waals surface area contributed by atoms with Gasteiger partial charge in [0.05, 0.1) is 0 Å². The van der Waals surface area contributed by atoms with Crippen molar-refractivity contribution in [3.8, 4) is 0 Å². The van der Waals surface area contributed by atoms with Crippen LogP contribution in [0.15, 0.2) is 12.1 Å². The number of carboxylic acid groups (broad SMARTS) is 1. The van der Waals surface area contributed by atoms with Crippen LogP contribution < -0.4 is 0 Å². The van der Waals surface area contributed by atoms with Crippen molar-refractivity contribution >= 4 is 5.97 Å². The smallest absolute Gasteiger partial charge is 0.332 e. The van der Waals surface area contributed by atoms with Gasteiger partial charge in [0.2, 0.25) is 0 Å². The largest absolute Gasteiger partial charge is 0.479 e. The van der Waals surface area contributed by atoms with Gasteiger partial charge in [-0.3, -0.25) is 0 Å². The number of aliphatic hydroxyl groups is 1. The summed E-state index contributed by atoms with van der Waals surface area (Å²) < 4.78 is 26.5. The first-order valence-electron chi connectivity index (χ1n) is 4.28. The second kappa shape index (κ2) is 4.35. The number of carboxylic acids is 1. The molecule has 82 valence electrons. The number of aliphatic carboxylic acids is 1. The fourth-order valence-electron chi connectivity index (χ4n) is 1.18. The summed E-state index contributed by atoms with van der Waals surface area (Å²) >= 11 is 0. The molecule has 0 bridgehead atoms. The van der Waals surface area contributed by atoms with Crippen molar-refractivity contribution in [1.82, 2.24) is 0 Å². The summed E-state index contributed by atoms with van der Waals surface area (Å²) in [5, 5.41) is 17.4. The monoisotopic (exact) mass is 216 g/mol. The van der Waals surface area contributed by atoms with Gasteiger partial charge in [0.1, 0.15) is 11.6 Å². The maximum atomic E-state index is 13.3. The number of aryl methyl sites for hydroxylation is 1. The highest BCUT2D eigenvalue weighted by molar-refractivity contribution is 5.72. The van der Waals surface area contributed by atoms with Crippen LogP contribution in [0.1, 0.15) is 11.1 Å². The third-order valence-electron chi connectivity index (χ3n) is 2.06. The second-order valence-electron chi connectivity index (χ2n) is 3.21. The van der Waals surface area contributed by atoms with E-state index < -0.39 is 35.7 Å². The number of rotatable bonds is 3. The van der Waals surface area contributed by atoms with E-state index in [4.69, 9.17) is 10.2 Å². The Balaban J connectivity index is 3.03. The molecule has 15 heavy (non-hydrogen) atoms. The normalized spacial score (nSPS) is 12.5. The zero-order chi connectivity index (χ0) is 11.6. The highest BCUT2D eigenvalue weighted by Crippen LogP contribution is 2.17. The Morgan fingerprint density at radius 2 is 2.07 bits per heavy atom. The number of carbonyl (C=O) groups is 1. The standard InChI is InChI=1S/C10H10F2O3/c1-5-2-3-7(11)6(9(5)12)4-8(13)10(14)15/h2-3,8,13H,4H2,1H3,(H,14,15). The van der Waals surface area contributed by atoms with Crippen molar-refractivity contribution in [2.75, 3.05) is 0 Å². The molecule has 3 nitrogen and oxygen atoms in total. The Hall–Kier alpha value is -1.49. The molecule has 0 fully saturated rings. The minimum Gasteiger partial charge on any atom is -0.479 e. The van der Waals surface area contributed by atoms with Gasteiger partial charge in [0.25, 0.3) is 0 Å². The van der Waals surface area contributed by atoms with Crippen LogP contribution in [-0.2, 0) is 11.2 Å². The van der Waals surface area contributed by atoms with E-state index in [0.29, 0.717) is 0 Å². The number of benzene rings is 1. The number of aliphatic hydroxyl groups excluding tert-OH is 1. The molecule has 0 amide bonds. The molecule has 5 heteroatoms. The SMILES string of the molecule is Cc1ccc(F)c(CC(O)C(=O)O)c1F. The quantitative estimate of drug-likeness (QED) is 0.799. The molecule has 1 unspecified atom stereocenters. The zero-order valence-corrected chi connectivity index (χ0v) is 8.00. The summed E-state index contributed by atoms with van der Waals surface area (Å²) in [4.78, 5) is 10.3. The van der Waals surface area contributed by atoms with Gasteiger partial charge in [0, 0.05) is 12.0 Å². The average molecular weight is 216 g/mol. The molecule has 0 spiro atoms. The summed E-state index contributed by atoms with van der Waals surface area (Å²) in [6.07, 6.45) is -2.37. The molecular formula is C10H10F2O3. The highest BCUT2D eigenvalue weighted by atomic mass is 19.1. The molecular weight excluding hydrogens is 206 g/mol. The van der Waals surface area contributed by atoms with Gasteiger partial charge in [-0.15, -0.1) is 0 Å². The maximum absolute atomic E-state index is 13.3. The van der Waals surface area contributed by atoms with Crippen LogP contribution in [0, 0.1) is 18.6 Å². The van der Waals surface area contributed by atoms with Crippen molar-refractivity contribution in [3.05, 3.63) is 34.9 Å². The van der Waals surface area contributed by atoms with Crippen LogP contribution in [-0.4, -0.2) is 22.3 Å². The van der Waals surface area contributed by atoms with E-state index in [1.54, 1.807) is 0 Å². The van der Waals surface area contributed by atoms with Crippen molar-refractivity contribution < 1.29 is 23.8 Å². The Labute approximate surface area is 85.0 Å². The number of halogens is 2. The van der Waals surface area contributed by atoms with Gasteiger partial charge in [0.15, 0.2) is 6.10 Å². The Kier molecular flexibility index (Phi) is 3.36. The Morgan fingerprint density at radius 1 is 1.47 bits per heavy atom. The molecule has 0 saturated carbocycles. The van der Waals surface area contributed by atoms with E-state index >= 15 is 0 Å². The molecule has 0 heterocycles. The lowest BCUT2D eigenvalue weighted by Gasteiger charge is -2.09. The van der Waals surface area contributed by atoms with Gasteiger partial charge < -0.3 is 10.2 Å². The molecule has 0 aliphatic rings. The van der Waals surface area contributed by atoms with E-state index in [0.717, 1.165) is 6.07 Å². The molecule has 1 rings (SSSR count). The van der Waals surface area contributed by atoms with Gasteiger partial charge >= 0.3 is 5.97 Å². The molecule has 0 aliphatic carbocycles. The molecule has 1 aromatic carbocycles. The predicted octanol–water partition coefficient (Wildman–Crippen LogP) is 1.26. The number of hydrogen-bond donors (Lipinski definition) is 2. The molecule has 1 aromatic rings. The third-order valence-corrected chi connectivity index (χ3v) is 2.06. The van der Waals surface area contributed by atoms with Crippen LogP contribution in [0.25, 0.3) is 0 Å². The fourth-order valence-corrected chi connectivity index (χ4v) is 1.18. The predicted molar refractivity (Wildman–Crippen MR) is 48.4 cm³/mol. The molecule has 1 atom stereocenters. The highest BCUT2D eigenvalue weighted by Gasteiger charge is 2.19. The van der Waals surface area contributed by atoms with E-state index in [1.165, 1.54) is 13.0 Å². The topological polar surface area (TPSA) is 57.5 Å². The van der Waals surface area contributed by atoms with E-state index in [1.807, 2.05) is 0 Å². The molecule has 0 aromatic heterocycles. The molecule has 2 N–H and O–H groups in total. The Bertz CT molecular complexity index is 390. The first kappa shape index (κ1) is 11.6. The third kappa shape index (κ3) is 2.50. The zero-order valence-electron chi connectivity index (χ0n) is 8.00. The number of hydrogen-bond acceptors (Lipinski definition) is 2. The van der Waals surface area contributed by atoms with Crippen LogP contribution in [0.3, 0.4) is 0 Å². The van der Waals surface area contributed by atoms with Crippen LogP contribution in [0.4, 0.5) is 8.78 Å². The van der Waals surface area contributed by atoms with Crippen LogP contribution >= 0.6 is 0 Å². The van der Waals surface area contributed by atoms with E-state index in [2.05, 4.69) is 0 Å². The molecule has 0 aliphatic heterocycles. The first-order chi connectivity index (χ1) is 6.93. The van der Waals surface area contributed by atoms with Crippen LogP contribution in [0.5, 0.6) is 0 Å². The van der Waals surface area contributed by atoms with Crippen LogP contribution in [0.2, 0.25) is 0 Å². The molecule has 0 saturated heterocycles. The summed E-state index contributed by atoms with van der Waals surface area (Å²) in [6.45, 7) is 1.44. The lowest BCUT2D eigenvalue weighted by molar-refractivity contribution is -0.146.